The van der Waals surface area contributed by atoms with E-state index < -0.39 is 0 Å². The van der Waals surface area contributed by atoms with Crippen LogP contribution in [0.15, 0.2) is 0 Å². The van der Waals surface area contributed by atoms with Crippen molar-refractivity contribution in [2.75, 3.05) is 19.7 Å². The summed E-state index contributed by atoms with van der Waals surface area (Å²) in [7, 11) is 0. The van der Waals surface area contributed by atoms with E-state index in [0.29, 0.717) is 25.5 Å². The first kappa shape index (κ1) is 15.0. The van der Waals surface area contributed by atoms with Crippen molar-refractivity contribution in [2.24, 2.45) is 11.8 Å². The number of hydrogen-bond acceptors (Lipinski definition) is 3. The van der Waals surface area contributed by atoms with E-state index in [1.165, 1.54) is 0 Å². The van der Waals surface area contributed by atoms with E-state index >= 15 is 0 Å². The molecule has 0 aromatic heterocycles. The monoisotopic (exact) mass is 255 g/mol. The number of carbonyl (C=O) groups is 2. The van der Waals surface area contributed by atoms with E-state index in [-0.39, 0.29) is 17.8 Å². The maximum atomic E-state index is 12.0. The molecule has 4 nitrogen and oxygen atoms in total. The zero-order chi connectivity index (χ0) is 13.5. The van der Waals surface area contributed by atoms with Gasteiger partial charge in [0.25, 0.3) is 0 Å². The van der Waals surface area contributed by atoms with Gasteiger partial charge in [-0.05, 0) is 32.1 Å². The molecule has 0 N–H and O–H groups in total. The number of esters is 1. The molecule has 0 unspecified atom stereocenters. The summed E-state index contributed by atoms with van der Waals surface area (Å²) in [5.41, 5.74) is 0. The molecule has 1 atom stereocenters. The lowest BCUT2D eigenvalue weighted by molar-refractivity contribution is -0.151. The lowest BCUT2D eigenvalue weighted by Gasteiger charge is -2.31. The second kappa shape index (κ2) is 7.39. The summed E-state index contributed by atoms with van der Waals surface area (Å²) in [6.45, 7) is 7.78. The Bertz CT molecular complexity index is 289. The fourth-order valence-electron chi connectivity index (χ4n) is 2.23. The Morgan fingerprint density at radius 1 is 1.39 bits per heavy atom. The smallest absolute Gasteiger partial charge is 0.310 e. The normalized spacial score (nSPS) is 20.0. The third-order valence-electron chi connectivity index (χ3n) is 3.33. The minimum Gasteiger partial charge on any atom is -0.466 e. The van der Waals surface area contributed by atoms with Gasteiger partial charge in [-0.25, -0.2) is 0 Å². The molecule has 1 heterocycles. The summed E-state index contributed by atoms with van der Waals surface area (Å²) >= 11 is 0. The zero-order valence-corrected chi connectivity index (χ0v) is 11.8. The SMILES string of the molecule is CCOC(=O)[C@H]1CCCN(C(=O)CCC(C)C)C1. The molecule has 0 bridgehead atoms. The Morgan fingerprint density at radius 2 is 2.11 bits per heavy atom. The summed E-state index contributed by atoms with van der Waals surface area (Å²) in [4.78, 5) is 25.5. The van der Waals surface area contributed by atoms with Gasteiger partial charge in [0.05, 0.1) is 12.5 Å². The molecular formula is C14H25NO3. The van der Waals surface area contributed by atoms with Crippen molar-refractivity contribution in [3.63, 3.8) is 0 Å². The molecule has 1 saturated heterocycles. The second-order valence-corrected chi connectivity index (χ2v) is 5.36. The van der Waals surface area contributed by atoms with Crippen molar-refractivity contribution in [2.45, 2.75) is 46.5 Å². The number of hydrogen-bond donors (Lipinski definition) is 0. The highest BCUT2D eigenvalue weighted by molar-refractivity contribution is 5.78. The standard InChI is InChI=1S/C14H25NO3/c1-4-18-14(17)12-6-5-9-15(10-12)13(16)8-7-11(2)3/h11-12H,4-10H2,1-3H3/t12-/m0/s1. The van der Waals surface area contributed by atoms with Crippen molar-refractivity contribution in [1.82, 2.24) is 4.90 Å². The molecule has 18 heavy (non-hydrogen) atoms. The highest BCUT2D eigenvalue weighted by Crippen LogP contribution is 2.19. The number of ether oxygens (including phenoxy) is 1. The fraction of sp³-hybridized carbons (Fsp3) is 0.857. The van der Waals surface area contributed by atoms with Gasteiger partial charge in [0.1, 0.15) is 0 Å². The number of rotatable bonds is 5. The second-order valence-electron chi connectivity index (χ2n) is 5.36. The van der Waals surface area contributed by atoms with Crippen molar-refractivity contribution in [3.05, 3.63) is 0 Å². The van der Waals surface area contributed by atoms with Crippen molar-refractivity contribution in [1.29, 1.82) is 0 Å². The third kappa shape index (κ3) is 4.67. The van der Waals surface area contributed by atoms with Crippen LogP contribution in [0.25, 0.3) is 0 Å². The molecule has 104 valence electrons. The predicted molar refractivity (Wildman–Crippen MR) is 70.0 cm³/mol. The first-order valence-electron chi connectivity index (χ1n) is 6.99. The van der Waals surface area contributed by atoms with Gasteiger partial charge < -0.3 is 9.64 Å². The molecule has 1 amide bonds. The van der Waals surface area contributed by atoms with Gasteiger partial charge in [0.2, 0.25) is 5.91 Å². The van der Waals surface area contributed by atoms with E-state index in [1.807, 2.05) is 11.8 Å². The minimum atomic E-state index is -0.154. The van der Waals surface area contributed by atoms with Crippen LogP contribution in [0.3, 0.4) is 0 Å². The average Bonchev–Trinajstić information content (AvgIpc) is 2.36. The van der Waals surface area contributed by atoms with Crippen molar-refractivity contribution in [3.8, 4) is 0 Å². The van der Waals surface area contributed by atoms with E-state index in [4.69, 9.17) is 4.74 Å². The maximum absolute atomic E-state index is 12.0. The maximum Gasteiger partial charge on any atom is 0.310 e. The molecule has 0 saturated carbocycles. The van der Waals surface area contributed by atoms with Crippen LogP contribution in [-0.2, 0) is 14.3 Å². The first-order valence-corrected chi connectivity index (χ1v) is 6.99. The highest BCUT2D eigenvalue weighted by Gasteiger charge is 2.28. The Morgan fingerprint density at radius 3 is 2.72 bits per heavy atom. The first-order chi connectivity index (χ1) is 8.54. The Labute approximate surface area is 110 Å². The molecule has 1 aliphatic rings. The predicted octanol–water partition coefficient (Wildman–Crippen LogP) is 2.22. The van der Waals surface area contributed by atoms with Crippen molar-refractivity contribution >= 4 is 11.9 Å². The number of piperidine rings is 1. The van der Waals surface area contributed by atoms with Crippen LogP contribution in [0.2, 0.25) is 0 Å². The van der Waals surface area contributed by atoms with Crippen LogP contribution in [0.4, 0.5) is 0 Å². The van der Waals surface area contributed by atoms with Crippen molar-refractivity contribution < 1.29 is 14.3 Å². The van der Waals surface area contributed by atoms with Gasteiger partial charge in [-0.2, -0.15) is 0 Å². The van der Waals surface area contributed by atoms with Gasteiger partial charge in [-0.15, -0.1) is 0 Å². The van der Waals surface area contributed by atoms with E-state index in [0.717, 1.165) is 25.8 Å². The van der Waals surface area contributed by atoms with Crippen LogP contribution < -0.4 is 0 Å². The third-order valence-corrected chi connectivity index (χ3v) is 3.33. The van der Waals surface area contributed by atoms with Crippen LogP contribution in [0.1, 0.15) is 46.5 Å². The molecule has 0 spiro atoms. The molecule has 1 fully saturated rings. The van der Waals surface area contributed by atoms with Gasteiger partial charge in [0, 0.05) is 19.5 Å². The molecule has 0 radical (unpaired) electrons. The molecule has 0 aromatic carbocycles. The Hall–Kier alpha value is -1.06. The molecule has 0 aromatic rings. The van der Waals surface area contributed by atoms with Gasteiger partial charge in [-0.1, -0.05) is 13.8 Å². The van der Waals surface area contributed by atoms with E-state index in [2.05, 4.69) is 13.8 Å². The number of carbonyl (C=O) groups excluding carboxylic acids is 2. The highest BCUT2D eigenvalue weighted by atomic mass is 16.5. The van der Waals surface area contributed by atoms with Gasteiger partial charge in [-0.3, -0.25) is 9.59 Å². The Balaban J connectivity index is 2.42. The quantitative estimate of drug-likeness (QED) is 0.708. The summed E-state index contributed by atoms with van der Waals surface area (Å²) in [6, 6.07) is 0. The minimum absolute atomic E-state index is 0.123. The molecule has 4 heteroatoms. The lowest BCUT2D eigenvalue weighted by Crippen LogP contribution is -2.42. The summed E-state index contributed by atoms with van der Waals surface area (Å²) in [5, 5.41) is 0. The Kier molecular flexibility index (Phi) is 6.16. The number of amides is 1. The number of likely N-dealkylation sites (tertiary alicyclic amines) is 1. The zero-order valence-electron chi connectivity index (χ0n) is 11.8. The fourth-order valence-corrected chi connectivity index (χ4v) is 2.23. The topological polar surface area (TPSA) is 46.6 Å². The van der Waals surface area contributed by atoms with Gasteiger partial charge >= 0.3 is 5.97 Å². The summed E-state index contributed by atoms with van der Waals surface area (Å²) in [5.74, 6) is 0.442. The molecule has 0 aliphatic carbocycles. The molecular weight excluding hydrogens is 230 g/mol. The van der Waals surface area contributed by atoms with Crippen LogP contribution >= 0.6 is 0 Å². The van der Waals surface area contributed by atoms with E-state index in [1.54, 1.807) is 0 Å². The molecule has 1 rings (SSSR count). The average molecular weight is 255 g/mol. The largest absolute Gasteiger partial charge is 0.466 e. The summed E-state index contributed by atoms with van der Waals surface area (Å²) < 4.78 is 5.03. The van der Waals surface area contributed by atoms with Crippen LogP contribution in [0.5, 0.6) is 0 Å². The lowest BCUT2D eigenvalue weighted by atomic mass is 9.97. The van der Waals surface area contributed by atoms with Crippen LogP contribution in [0, 0.1) is 11.8 Å². The van der Waals surface area contributed by atoms with Gasteiger partial charge in [0.15, 0.2) is 0 Å². The van der Waals surface area contributed by atoms with E-state index in [9.17, 15) is 9.59 Å². The summed E-state index contributed by atoms with van der Waals surface area (Å²) in [6.07, 6.45) is 3.25. The van der Waals surface area contributed by atoms with Crippen LogP contribution in [-0.4, -0.2) is 36.5 Å². The number of nitrogens with zero attached hydrogens (tertiary/aromatic N) is 1. The molecule has 1 aliphatic heterocycles.